The Morgan fingerprint density at radius 1 is 0.979 bits per heavy atom. The molecule has 1 atom stereocenters. The van der Waals surface area contributed by atoms with Crippen molar-refractivity contribution >= 4 is 32.7 Å². The Kier molecular flexibility index (Phi) is 10.5. The van der Waals surface area contributed by atoms with Crippen LogP contribution >= 0.6 is 0 Å². The summed E-state index contributed by atoms with van der Waals surface area (Å²) < 4.78 is 89.9. The summed E-state index contributed by atoms with van der Waals surface area (Å²) in [7, 11) is -3.71. The van der Waals surface area contributed by atoms with Gasteiger partial charge in [0.2, 0.25) is 10.0 Å². The second kappa shape index (κ2) is 14.6. The number of hydrogen-bond donors (Lipinski definition) is 4. The smallest absolute Gasteiger partial charge is 0.259 e. The van der Waals surface area contributed by atoms with Crippen LogP contribution in [0.4, 0.5) is 20.2 Å². The van der Waals surface area contributed by atoms with Crippen molar-refractivity contribution in [3.63, 3.8) is 0 Å². The molecule has 13 heteroatoms. The number of nitrogens with zero attached hydrogens (tertiary/aromatic N) is 1. The molecule has 47 heavy (non-hydrogen) atoms. The van der Waals surface area contributed by atoms with Gasteiger partial charge in [0.1, 0.15) is 11.6 Å². The normalized spacial score (nSPS) is 18.4. The number of halogens is 2. The predicted molar refractivity (Wildman–Crippen MR) is 181 cm³/mol. The van der Waals surface area contributed by atoms with Gasteiger partial charge in [-0.15, -0.1) is 0 Å². The number of aromatic nitrogens is 1. The first kappa shape index (κ1) is 33.8. The van der Waals surface area contributed by atoms with Crippen molar-refractivity contribution in [3.05, 3.63) is 64.5 Å². The Bertz CT molecular complexity index is 1760. The molecule has 2 heterocycles. The van der Waals surface area contributed by atoms with E-state index in [1.165, 1.54) is 6.07 Å². The van der Waals surface area contributed by atoms with Gasteiger partial charge in [0.05, 0.1) is 22.8 Å². The summed E-state index contributed by atoms with van der Waals surface area (Å²) in [6, 6.07) is 6.58. The first-order valence-corrected chi connectivity index (χ1v) is 19.3. The molecule has 1 unspecified atom stereocenters. The van der Waals surface area contributed by atoms with Crippen molar-refractivity contribution in [2.45, 2.75) is 89.4 Å². The van der Waals surface area contributed by atoms with Crippen LogP contribution in [0.5, 0.6) is 11.5 Å². The number of pyridine rings is 1. The quantitative estimate of drug-likeness (QED) is 0.162. The summed E-state index contributed by atoms with van der Waals surface area (Å²) >= 11 is -2.45. The van der Waals surface area contributed by atoms with Gasteiger partial charge in [0, 0.05) is 28.8 Å². The molecule has 3 aliphatic rings. The number of aryl methyl sites for hydroxylation is 1. The fourth-order valence-electron chi connectivity index (χ4n) is 7.27. The standard InChI is InChI=1S/C34H42F2N4O5S2/c1-2-47(43,44)40-29-19-26(31(20-25(29)21-14-16-37-17-15-21)45-30-13-12-23(35)18-27(30)36)32-24-10-6-7-11-28(24)38-33(34(32)39-46(41)42)22-8-4-3-5-9-22/h12-13,18-22,37,39-40H,2-11,14-17H2,1H3,(H,41,42). The lowest BCUT2D eigenvalue weighted by atomic mass is 9.81. The maximum absolute atomic E-state index is 15.1. The second-order valence-corrected chi connectivity index (χ2v) is 15.4. The lowest BCUT2D eigenvalue weighted by molar-refractivity contribution is 0.433. The van der Waals surface area contributed by atoms with E-state index in [0.29, 0.717) is 40.2 Å². The highest BCUT2D eigenvalue weighted by atomic mass is 32.2. The van der Waals surface area contributed by atoms with E-state index in [9.17, 15) is 21.6 Å². The molecule has 0 bridgehead atoms. The van der Waals surface area contributed by atoms with Crippen molar-refractivity contribution in [2.24, 2.45) is 0 Å². The van der Waals surface area contributed by atoms with Gasteiger partial charge in [0.15, 0.2) is 11.6 Å². The van der Waals surface area contributed by atoms with Crippen LogP contribution in [-0.4, -0.2) is 41.0 Å². The van der Waals surface area contributed by atoms with E-state index >= 15 is 4.39 Å². The number of fused-ring (bicyclic) bond motifs is 1. The second-order valence-electron chi connectivity index (χ2n) is 12.7. The van der Waals surface area contributed by atoms with Crippen molar-refractivity contribution < 1.29 is 30.7 Å². The summed E-state index contributed by atoms with van der Waals surface area (Å²) in [5.74, 6) is -1.68. The molecule has 3 aromatic rings. The van der Waals surface area contributed by atoms with Gasteiger partial charge in [-0.05, 0) is 113 Å². The zero-order valence-electron chi connectivity index (χ0n) is 26.5. The number of anilines is 2. The molecule has 6 rings (SSSR count). The van der Waals surface area contributed by atoms with Crippen molar-refractivity contribution in [1.82, 2.24) is 10.3 Å². The first-order chi connectivity index (χ1) is 22.6. The number of nitrogens with one attached hydrogen (secondary N) is 3. The fraction of sp³-hybridized carbons (Fsp3) is 0.500. The summed E-state index contributed by atoms with van der Waals surface area (Å²) in [4.78, 5) is 5.13. The van der Waals surface area contributed by atoms with Crippen LogP contribution in [-0.2, 0) is 34.1 Å². The average Bonchev–Trinajstić information content (AvgIpc) is 3.06. The van der Waals surface area contributed by atoms with E-state index in [0.717, 1.165) is 101 Å². The number of hydrogen-bond acceptors (Lipinski definition) is 6. The van der Waals surface area contributed by atoms with Crippen molar-refractivity contribution in [3.8, 4) is 22.6 Å². The van der Waals surface area contributed by atoms with Gasteiger partial charge in [-0.3, -0.25) is 19.0 Å². The lowest BCUT2D eigenvalue weighted by Crippen LogP contribution is -2.27. The highest BCUT2D eigenvalue weighted by Gasteiger charge is 2.32. The van der Waals surface area contributed by atoms with Crippen LogP contribution in [0, 0.1) is 11.6 Å². The molecule has 1 aromatic heterocycles. The summed E-state index contributed by atoms with van der Waals surface area (Å²) in [6.45, 7) is 3.05. The maximum Gasteiger partial charge on any atom is 0.259 e. The van der Waals surface area contributed by atoms with Crippen LogP contribution in [0.15, 0.2) is 30.3 Å². The van der Waals surface area contributed by atoms with Gasteiger partial charge in [0.25, 0.3) is 11.3 Å². The maximum atomic E-state index is 15.1. The van der Waals surface area contributed by atoms with E-state index in [4.69, 9.17) is 9.72 Å². The summed E-state index contributed by atoms with van der Waals surface area (Å²) in [5, 5.41) is 3.34. The highest BCUT2D eigenvalue weighted by molar-refractivity contribution is 7.92. The molecule has 0 amide bonds. The predicted octanol–water partition coefficient (Wildman–Crippen LogP) is 7.52. The van der Waals surface area contributed by atoms with Gasteiger partial charge in [-0.1, -0.05) is 19.3 Å². The van der Waals surface area contributed by atoms with Crippen molar-refractivity contribution in [2.75, 3.05) is 28.3 Å². The molecule has 0 spiro atoms. The van der Waals surface area contributed by atoms with Crippen LogP contribution in [0.25, 0.3) is 11.1 Å². The SMILES string of the molecule is CCS(=O)(=O)Nc1cc(-c2c3c(nc(C4CCCCC4)c2NS(=O)O)CCCC3)c(Oc2ccc(F)cc2F)cc1C1CCNCC1. The molecule has 9 nitrogen and oxygen atoms in total. The summed E-state index contributed by atoms with van der Waals surface area (Å²) in [6.07, 6.45) is 9.62. The van der Waals surface area contributed by atoms with E-state index in [-0.39, 0.29) is 29.1 Å². The van der Waals surface area contributed by atoms with Crippen LogP contribution in [0.3, 0.4) is 0 Å². The average molecular weight is 689 g/mol. The topological polar surface area (TPSA) is 130 Å². The Balaban J connectivity index is 1.66. The molecular formula is C34H42F2N4O5S2. The minimum Gasteiger partial charge on any atom is -0.454 e. The Hall–Kier alpha value is -3.13. The largest absolute Gasteiger partial charge is 0.454 e. The van der Waals surface area contributed by atoms with Gasteiger partial charge in [-0.2, -0.15) is 0 Å². The molecule has 2 aromatic carbocycles. The highest BCUT2D eigenvalue weighted by Crippen LogP contribution is 2.50. The Labute approximate surface area is 277 Å². The zero-order valence-corrected chi connectivity index (χ0v) is 28.2. The molecule has 0 radical (unpaired) electrons. The molecule has 2 aliphatic carbocycles. The number of ether oxygens (including phenoxy) is 1. The zero-order chi connectivity index (χ0) is 33.1. The van der Waals surface area contributed by atoms with E-state index in [1.807, 2.05) is 0 Å². The van der Waals surface area contributed by atoms with Crippen LogP contribution < -0.4 is 19.5 Å². The molecule has 4 N–H and O–H groups in total. The van der Waals surface area contributed by atoms with Gasteiger partial charge >= 0.3 is 0 Å². The van der Waals surface area contributed by atoms with Crippen LogP contribution in [0.1, 0.15) is 99.1 Å². The monoisotopic (exact) mass is 688 g/mol. The summed E-state index contributed by atoms with van der Waals surface area (Å²) in [5.41, 5.74) is 5.03. The molecule has 1 saturated carbocycles. The van der Waals surface area contributed by atoms with Crippen LogP contribution in [0.2, 0.25) is 0 Å². The van der Waals surface area contributed by atoms with Crippen molar-refractivity contribution in [1.29, 1.82) is 0 Å². The number of benzene rings is 2. The van der Waals surface area contributed by atoms with E-state index in [2.05, 4.69) is 14.8 Å². The number of piperidine rings is 1. The first-order valence-electron chi connectivity index (χ1n) is 16.6. The Morgan fingerprint density at radius 2 is 1.72 bits per heavy atom. The van der Waals surface area contributed by atoms with E-state index in [1.54, 1.807) is 19.1 Å². The van der Waals surface area contributed by atoms with Gasteiger partial charge < -0.3 is 10.1 Å². The molecule has 2 fully saturated rings. The van der Waals surface area contributed by atoms with E-state index < -0.39 is 32.9 Å². The minimum absolute atomic E-state index is 0.0213. The molecule has 254 valence electrons. The lowest BCUT2D eigenvalue weighted by Gasteiger charge is -2.31. The number of rotatable bonds is 10. The minimum atomic E-state index is -3.71. The molecular weight excluding hydrogens is 647 g/mol. The number of sulfonamides is 1. The molecule has 1 aliphatic heterocycles. The third-order valence-electron chi connectivity index (χ3n) is 9.64. The third kappa shape index (κ3) is 7.63. The van der Waals surface area contributed by atoms with Gasteiger partial charge in [-0.25, -0.2) is 21.4 Å². The Morgan fingerprint density at radius 3 is 2.43 bits per heavy atom. The third-order valence-corrected chi connectivity index (χ3v) is 11.3. The fourth-order valence-corrected chi connectivity index (χ4v) is 8.31. The molecule has 1 saturated heterocycles.